The van der Waals surface area contributed by atoms with Crippen molar-refractivity contribution in [2.24, 2.45) is 0 Å². The summed E-state index contributed by atoms with van der Waals surface area (Å²) >= 11 is 6.36. The number of hydrogen-bond acceptors (Lipinski definition) is 6. The second-order valence-corrected chi connectivity index (χ2v) is 8.77. The fourth-order valence-corrected chi connectivity index (χ4v) is 4.21. The van der Waals surface area contributed by atoms with Crippen molar-refractivity contribution >= 4 is 17.5 Å². The number of ether oxygens (including phenoxy) is 1. The number of rotatable bonds is 5. The summed E-state index contributed by atoms with van der Waals surface area (Å²) in [5.41, 5.74) is 0.932. The van der Waals surface area contributed by atoms with Crippen LogP contribution in [0.2, 0.25) is 5.02 Å². The van der Waals surface area contributed by atoms with Crippen molar-refractivity contribution in [3.63, 3.8) is 0 Å². The van der Waals surface area contributed by atoms with Crippen molar-refractivity contribution < 1.29 is 9.13 Å². The van der Waals surface area contributed by atoms with Crippen molar-refractivity contribution in [3.05, 3.63) is 75.2 Å². The maximum atomic E-state index is 14.3. The Morgan fingerprint density at radius 3 is 2.48 bits per heavy atom. The average Bonchev–Trinajstić information content (AvgIpc) is 3.68. The molecule has 0 atom stereocenters. The summed E-state index contributed by atoms with van der Waals surface area (Å²) in [6, 6.07) is 7.04. The minimum atomic E-state index is -0.680. The molecule has 0 spiro atoms. The van der Waals surface area contributed by atoms with Crippen LogP contribution in [0.4, 0.5) is 10.3 Å². The molecule has 9 heteroatoms. The van der Waals surface area contributed by atoms with Crippen molar-refractivity contribution in [3.8, 4) is 17.5 Å². The van der Waals surface area contributed by atoms with Crippen LogP contribution in [0.3, 0.4) is 0 Å². The lowest BCUT2D eigenvalue weighted by Gasteiger charge is -2.32. The van der Waals surface area contributed by atoms with Gasteiger partial charge in [-0.1, -0.05) is 11.6 Å². The van der Waals surface area contributed by atoms with E-state index >= 15 is 0 Å². The maximum absolute atomic E-state index is 14.3. The zero-order chi connectivity index (χ0) is 22.9. The van der Waals surface area contributed by atoms with E-state index in [1.54, 1.807) is 0 Å². The van der Waals surface area contributed by atoms with Gasteiger partial charge in [-0.15, -0.1) is 0 Å². The van der Waals surface area contributed by atoms with E-state index in [1.807, 2.05) is 18.5 Å². The molecule has 1 aromatic carbocycles. The quantitative estimate of drug-likeness (QED) is 0.561. The van der Waals surface area contributed by atoms with Gasteiger partial charge in [-0.25, -0.2) is 14.4 Å². The van der Waals surface area contributed by atoms with Crippen molar-refractivity contribution in [2.75, 3.05) is 18.0 Å². The number of anilines is 1. The van der Waals surface area contributed by atoms with Crippen molar-refractivity contribution in [1.82, 2.24) is 14.5 Å². The molecule has 0 radical (unpaired) electrons. The van der Waals surface area contributed by atoms with Gasteiger partial charge in [0.25, 0.3) is 5.56 Å². The summed E-state index contributed by atoms with van der Waals surface area (Å²) in [6.07, 6.45) is 9.00. The van der Waals surface area contributed by atoms with E-state index in [9.17, 15) is 9.18 Å². The average molecular weight is 466 g/mol. The van der Waals surface area contributed by atoms with Crippen molar-refractivity contribution in [1.29, 1.82) is 5.26 Å². The maximum Gasteiger partial charge on any atom is 0.258 e. The Bertz CT molecular complexity index is 1280. The second-order valence-electron chi connectivity index (χ2n) is 8.37. The first kappa shape index (κ1) is 21.4. The highest BCUT2D eigenvalue weighted by Crippen LogP contribution is 2.39. The van der Waals surface area contributed by atoms with E-state index in [-0.39, 0.29) is 28.1 Å². The molecule has 1 aliphatic heterocycles. The fraction of sp³-hybridized carbons (Fsp3) is 0.333. The van der Waals surface area contributed by atoms with Crippen LogP contribution in [0.5, 0.6) is 5.75 Å². The van der Waals surface area contributed by atoms with Crippen LogP contribution in [0.15, 0.2) is 47.7 Å². The first-order valence-electron chi connectivity index (χ1n) is 10.9. The van der Waals surface area contributed by atoms with Gasteiger partial charge >= 0.3 is 0 Å². The molecule has 2 fully saturated rings. The van der Waals surface area contributed by atoms with Gasteiger partial charge in [0.15, 0.2) is 0 Å². The highest BCUT2D eigenvalue weighted by atomic mass is 35.5. The molecule has 0 bridgehead atoms. The van der Waals surface area contributed by atoms with E-state index in [1.165, 1.54) is 42.8 Å². The van der Waals surface area contributed by atoms with E-state index in [0.29, 0.717) is 5.92 Å². The zero-order valence-electron chi connectivity index (χ0n) is 17.7. The summed E-state index contributed by atoms with van der Waals surface area (Å²) < 4.78 is 21.5. The predicted molar refractivity (Wildman–Crippen MR) is 122 cm³/mol. The van der Waals surface area contributed by atoms with Crippen LogP contribution in [0.25, 0.3) is 5.69 Å². The Morgan fingerprint density at radius 1 is 1.12 bits per heavy atom. The number of piperidine rings is 1. The van der Waals surface area contributed by atoms with Crippen LogP contribution in [0.1, 0.15) is 42.7 Å². The number of nitriles is 1. The van der Waals surface area contributed by atoms with Crippen LogP contribution >= 0.6 is 11.6 Å². The smallest absolute Gasteiger partial charge is 0.258 e. The molecule has 0 N–H and O–H groups in total. The molecule has 0 amide bonds. The third kappa shape index (κ3) is 4.55. The molecule has 0 unspecified atom stereocenters. The molecule has 7 nitrogen and oxygen atoms in total. The Labute approximate surface area is 195 Å². The monoisotopic (exact) mass is 465 g/mol. The SMILES string of the molecule is N#Cc1ccc(-n2cc(Cl)c(OC3CCN(c4ncc(C5CC5)cn4)CC3)cc2=O)c(F)c1. The third-order valence-electron chi connectivity index (χ3n) is 6.03. The first-order valence-corrected chi connectivity index (χ1v) is 11.3. The van der Waals surface area contributed by atoms with Gasteiger partial charge in [-0.2, -0.15) is 5.26 Å². The van der Waals surface area contributed by atoms with Gasteiger partial charge < -0.3 is 9.64 Å². The molecule has 3 heterocycles. The molecule has 1 saturated heterocycles. The van der Waals surface area contributed by atoms with Crippen LogP contribution in [0, 0.1) is 17.1 Å². The van der Waals surface area contributed by atoms with Gasteiger partial charge in [0, 0.05) is 50.6 Å². The number of benzene rings is 1. The Morgan fingerprint density at radius 2 is 1.85 bits per heavy atom. The lowest BCUT2D eigenvalue weighted by Crippen LogP contribution is -2.39. The molecular weight excluding hydrogens is 445 g/mol. The molecule has 1 saturated carbocycles. The zero-order valence-corrected chi connectivity index (χ0v) is 18.5. The molecule has 3 aromatic rings. The third-order valence-corrected chi connectivity index (χ3v) is 6.32. The first-order chi connectivity index (χ1) is 16.0. The van der Waals surface area contributed by atoms with Gasteiger partial charge in [0.05, 0.1) is 22.3 Å². The van der Waals surface area contributed by atoms with Crippen LogP contribution in [-0.4, -0.2) is 33.7 Å². The van der Waals surface area contributed by atoms with Gasteiger partial charge in [0.1, 0.15) is 17.7 Å². The van der Waals surface area contributed by atoms with E-state index in [0.717, 1.165) is 42.5 Å². The molecule has 2 aliphatic rings. The lowest BCUT2D eigenvalue weighted by atomic mass is 10.1. The summed E-state index contributed by atoms with van der Waals surface area (Å²) in [5.74, 6) is 0.950. The highest BCUT2D eigenvalue weighted by Gasteiger charge is 2.26. The van der Waals surface area contributed by atoms with Gasteiger partial charge in [-0.05, 0) is 42.5 Å². The fourth-order valence-electron chi connectivity index (χ4n) is 4.02. The second kappa shape index (κ2) is 8.83. The Balaban J connectivity index is 1.25. The topological polar surface area (TPSA) is 84.0 Å². The minimum Gasteiger partial charge on any atom is -0.488 e. The van der Waals surface area contributed by atoms with Gasteiger partial charge in [0.2, 0.25) is 5.95 Å². The Hall–Kier alpha value is -3.44. The van der Waals surface area contributed by atoms with Crippen LogP contribution < -0.4 is 15.2 Å². The predicted octanol–water partition coefficient (Wildman–Crippen LogP) is 4.22. The van der Waals surface area contributed by atoms with E-state index in [2.05, 4.69) is 14.9 Å². The van der Waals surface area contributed by atoms with E-state index in [4.69, 9.17) is 21.6 Å². The molecule has 5 rings (SSSR count). The molecule has 2 aromatic heterocycles. The summed E-state index contributed by atoms with van der Waals surface area (Å²) in [6.45, 7) is 1.47. The lowest BCUT2D eigenvalue weighted by molar-refractivity contribution is 0.170. The van der Waals surface area contributed by atoms with Crippen molar-refractivity contribution in [2.45, 2.75) is 37.7 Å². The molecule has 33 heavy (non-hydrogen) atoms. The van der Waals surface area contributed by atoms with Crippen LogP contribution in [-0.2, 0) is 0 Å². The number of hydrogen-bond donors (Lipinski definition) is 0. The minimum absolute atomic E-state index is 0.0217. The number of nitrogens with zero attached hydrogens (tertiary/aromatic N) is 5. The number of pyridine rings is 1. The summed E-state index contributed by atoms with van der Waals surface area (Å²) in [5, 5.41) is 9.10. The highest BCUT2D eigenvalue weighted by molar-refractivity contribution is 6.31. The van der Waals surface area contributed by atoms with Gasteiger partial charge in [-0.3, -0.25) is 9.36 Å². The molecule has 168 valence electrons. The summed E-state index contributed by atoms with van der Waals surface area (Å²) in [7, 11) is 0. The normalized spacial score (nSPS) is 16.5. The number of aromatic nitrogens is 3. The molecule has 1 aliphatic carbocycles. The Kier molecular flexibility index (Phi) is 5.73. The molecular formula is C24H21ClFN5O2. The number of halogens is 2. The standard InChI is InChI=1S/C24H21ClFN5O2/c25-19-14-31(21-4-1-15(11-27)9-20(21)26)23(32)10-22(19)33-18-5-7-30(8-6-18)24-28-12-17(13-29-24)16-2-3-16/h1,4,9-10,12-14,16,18H,2-3,5-8H2. The summed E-state index contributed by atoms with van der Waals surface area (Å²) in [4.78, 5) is 23.8. The largest absolute Gasteiger partial charge is 0.488 e. The van der Waals surface area contributed by atoms with E-state index < -0.39 is 11.4 Å².